The van der Waals surface area contributed by atoms with E-state index in [0.717, 1.165) is 11.6 Å². The van der Waals surface area contributed by atoms with Crippen LogP contribution < -0.4 is 4.74 Å². The van der Waals surface area contributed by atoms with Crippen LogP contribution in [-0.4, -0.2) is 31.9 Å². The van der Waals surface area contributed by atoms with Crippen molar-refractivity contribution < 1.29 is 45.3 Å². The van der Waals surface area contributed by atoms with Gasteiger partial charge in [0.1, 0.15) is 12.4 Å². The van der Waals surface area contributed by atoms with E-state index in [1.165, 1.54) is 6.08 Å². The van der Waals surface area contributed by atoms with E-state index in [1.54, 1.807) is 38.1 Å². The predicted octanol–water partition coefficient (Wildman–Crippen LogP) is 6.33. The van der Waals surface area contributed by atoms with Crippen LogP contribution in [0.15, 0.2) is 48.5 Å². The zero-order valence-electron chi connectivity index (χ0n) is 18.5. The van der Waals surface area contributed by atoms with E-state index in [9.17, 15) is 31.1 Å². The molecule has 2 aromatic carbocycles. The third-order valence-electron chi connectivity index (χ3n) is 4.53. The SMILES string of the molecule is CCOC(=O)[C@H](Cc1ccc(OC/C=C/c2cc(C(F)(F)F)cc(C(F)(F)F)c2)cc1)OCC. The van der Waals surface area contributed by atoms with E-state index in [2.05, 4.69) is 0 Å². The fourth-order valence-electron chi connectivity index (χ4n) is 2.99. The molecular weight excluding hydrogens is 466 g/mol. The molecule has 4 nitrogen and oxygen atoms in total. The Morgan fingerprint density at radius 3 is 2.00 bits per heavy atom. The van der Waals surface area contributed by atoms with Gasteiger partial charge in [-0.2, -0.15) is 26.3 Å². The summed E-state index contributed by atoms with van der Waals surface area (Å²) in [6, 6.07) is 8.04. The Morgan fingerprint density at radius 1 is 0.912 bits per heavy atom. The molecule has 186 valence electrons. The number of halogens is 6. The zero-order chi connectivity index (χ0) is 25.4. The summed E-state index contributed by atoms with van der Waals surface area (Å²) in [6.45, 7) is 3.96. The molecule has 0 saturated carbocycles. The van der Waals surface area contributed by atoms with Gasteiger partial charge in [-0.15, -0.1) is 0 Å². The number of esters is 1. The summed E-state index contributed by atoms with van der Waals surface area (Å²) < 4.78 is 93.5. The van der Waals surface area contributed by atoms with Crippen molar-refractivity contribution in [2.24, 2.45) is 0 Å². The van der Waals surface area contributed by atoms with Crippen LogP contribution in [0.3, 0.4) is 0 Å². The summed E-state index contributed by atoms with van der Waals surface area (Å²) in [6.07, 6.45) is -7.81. The first-order chi connectivity index (χ1) is 15.9. The average molecular weight is 490 g/mol. The van der Waals surface area contributed by atoms with E-state index in [1.807, 2.05) is 0 Å². The summed E-state index contributed by atoms with van der Waals surface area (Å²) in [5.41, 5.74) is -2.22. The quantitative estimate of drug-likeness (QED) is 0.289. The predicted molar refractivity (Wildman–Crippen MR) is 113 cm³/mol. The van der Waals surface area contributed by atoms with Crippen LogP contribution in [0, 0.1) is 0 Å². The lowest BCUT2D eigenvalue weighted by molar-refractivity contribution is -0.156. The van der Waals surface area contributed by atoms with Crippen molar-refractivity contribution in [1.29, 1.82) is 0 Å². The number of rotatable bonds is 10. The molecule has 2 aromatic rings. The number of carbonyl (C=O) groups is 1. The van der Waals surface area contributed by atoms with Crippen LogP contribution >= 0.6 is 0 Å². The molecule has 0 aliphatic rings. The van der Waals surface area contributed by atoms with Gasteiger partial charge in [0.2, 0.25) is 0 Å². The van der Waals surface area contributed by atoms with Crippen LogP contribution in [-0.2, 0) is 33.0 Å². The first-order valence-corrected chi connectivity index (χ1v) is 10.4. The van der Waals surface area contributed by atoms with Crippen molar-refractivity contribution in [3.8, 4) is 5.75 Å². The molecule has 0 bridgehead atoms. The van der Waals surface area contributed by atoms with Crippen LogP contribution in [0.4, 0.5) is 26.3 Å². The summed E-state index contributed by atoms with van der Waals surface area (Å²) >= 11 is 0. The Kier molecular flexibility index (Phi) is 9.55. The first kappa shape index (κ1) is 27.2. The maximum Gasteiger partial charge on any atom is 0.416 e. The number of carbonyl (C=O) groups excluding carboxylic acids is 1. The molecule has 0 aromatic heterocycles. The van der Waals surface area contributed by atoms with Crippen molar-refractivity contribution in [1.82, 2.24) is 0 Å². The standard InChI is InChI=1S/C24H24F6O4/c1-3-32-21(22(31)33-4-2)14-16-7-9-20(10-8-16)34-11-5-6-17-12-18(23(25,26)27)15-19(13-17)24(28,29)30/h5-10,12-13,15,21H,3-4,11,14H2,1-2H3/b6-5+/t21-/m0/s1. The van der Waals surface area contributed by atoms with Gasteiger partial charge in [0.05, 0.1) is 17.7 Å². The van der Waals surface area contributed by atoms with Crippen molar-refractivity contribution >= 4 is 12.0 Å². The molecule has 0 spiro atoms. The second-order valence-corrected chi connectivity index (χ2v) is 7.10. The van der Waals surface area contributed by atoms with E-state index < -0.39 is 35.6 Å². The number of benzene rings is 2. The van der Waals surface area contributed by atoms with E-state index in [0.29, 0.717) is 30.9 Å². The van der Waals surface area contributed by atoms with Gasteiger partial charge in [0, 0.05) is 13.0 Å². The van der Waals surface area contributed by atoms with Crippen LogP contribution in [0.25, 0.3) is 6.08 Å². The molecule has 10 heteroatoms. The first-order valence-electron chi connectivity index (χ1n) is 10.4. The van der Waals surface area contributed by atoms with Crippen LogP contribution in [0.1, 0.15) is 36.1 Å². The molecule has 0 radical (unpaired) electrons. The lowest BCUT2D eigenvalue weighted by Gasteiger charge is -2.15. The number of alkyl halides is 6. The number of hydrogen-bond acceptors (Lipinski definition) is 4. The Morgan fingerprint density at radius 2 is 1.50 bits per heavy atom. The van der Waals surface area contributed by atoms with Gasteiger partial charge in [-0.05, 0) is 61.4 Å². The van der Waals surface area contributed by atoms with Crippen molar-refractivity contribution in [2.75, 3.05) is 19.8 Å². The molecule has 0 amide bonds. The molecule has 0 aliphatic heterocycles. The highest BCUT2D eigenvalue weighted by atomic mass is 19.4. The second-order valence-electron chi connectivity index (χ2n) is 7.10. The minimum Gasteiger partial charge on any atom is -0.490 e. The monoisotopic (exact) mass is 490 g/mol. The molecule has 2 rings (SSSR count). The molecular formula is C24H24F6O4. The van der Waals surface area contributed by atoms with Gasteiger partial charge in [0.25, 0.3) is 0 Å². The molecule has 0 fully saturated rings. The molecule has 0 saturated heterocycles. The van der Waals surface area contributed by atoms with E-state index >= 15 is 0 Å². The topological polar surface area (TPSA) is 44.8 Å². The maximum absolute atomic E-state index is 12.9. The van der Waals surface area contributed by atoms with Gasteiger partial charge in [-0.25, -0.2) is 4.79 Å². The lowest BCUT2D eigenvalue weighted by Crippen LogP contribution is -2.28. The summed E-state index contributed by atoms with van der Waals surface area (Å²) in [4.78, 5) is 11.9. The Balaban J connectivity index is 2.01. The van der Waals surface area contributed by atoms with Crippen molar-refractivity contribution in [2.45, 2.75) is 38.7 Å². The average Bonchev–Trinajstić information content (AvgIpc) is 2.76. The van der Waals surface area contributed by atoms with Gasteiger partial charge in [-0.3, -0.25) is 0 Å². The smallest absolute Gasteiger partial charge is 0.416 e. The van der Waals surface area contributed by atoms with Gasteiger partial charge in [0.15, 0.2) is 6.10 Å². The van der Waals surface area contributed by atoms with Crippen LogP contribution in [0.5, 0.6) is 5.75 Å². The number of hydrogen-bond donors (Lipinski definition) is 0. The van der Waals surface area contributed by atoms with Gasteiger partial charge < -0.3 is 14.2 Å². The fraction of sp³-hybridized carbons (Fsp3) is 0.375. The zero-order valence-corrected chi connectivity index (χ0v) is 18.5. The third kappa shape index (κ3) is 8.40. The minimum atomic E-state index is -4.91. The number of ether oxygens (including phenoxy) is 3. The largest absolute Gasteiger partial charge is 0.490 e. The lowest BCUT2D eigenvalue weighted by atomic mass is 10.0. The van der Waals surface area contributed by atoms with E-state index in [-0.39, 0.29) is 24.8 Å². The summed E-state index contributed by atoms with van der Waals surface area (Å²) in [5.74, 6) is -0.0318. The molecule has 1 atom stereocenters. The fourth-order valence-corrected chi connectivity index (χ4v) is 2.99. The second kappa shape index (κ2) is 11.9. The summed E-state index contributed by atoms with van der Waals surface area (Å²) in [7, 11) is 0. The van der Waals surface area contributed by atoms with Crippen molar-refractivity contribution in [3.05, 3.63) is 70.8 Å². The molecule has 0 aliphatic carbocycles. The highest BCUT2D eigenvalue weighted by Gasteiger charge is 2.36. The molecule has 0 heterocycles. The Hall–Kier alpha value is -3.01. The van der Waals surface area contributed by atoms with Crippen molar-refractivity contribution in [3.63, 3.8) is 0 Å². The van der Waals surface area contributed by atoms with Gasteiger partial charge >= 0.3 is 18.3 Å². The Bertz CT molecular complexity index is 933. The molecule has 0 N–H and O–H groups in total. The molecule has 34 heavy (non-hydrogen) atoms. The Labute approximate surface area is 193 Å². The third-order valence-corrected chi connectivity index (χ3v) is 4.53. The summed E-state index contributed by atoms with van der Waals surface area (Å²) in [5, 5.41) is 0. The minimum absolute atomic E-state index is 0.0768. The van der Waals surface area contributed by atoms with Gasteiger partial charge in [-0.1, -0.05) is 18.2 Å². The highest BCUT2D eigenvalue weighted by Crippen LogP contribution is 2.36. The highest BCUT2D eigenvalue weighted by molar-refractivity contribution is 5.75. The van der Waals surface area contributed by atoms with E-state index in [4.69, 9.17) is 14.2 Å². The molecule has 0 unspecified atom stereocenters. The van der Waals surface area contributed by atoms with Crippen LogP contribution in [0.2, 0.25) is 0 Å². The normalized spacial score (nSPS) is 13.2. The maximum atomic E-state index is 12.9.